The van der Waals surface area contributed by atoms with Gasteiger partial charge in [0.05, 0.1) is 17.8 Å². The molecule has 5 nitrogen and oxygen atoms in total. The average molecular weight is 205 g/mol. The number of carbonyl (C=O) groups is 1. The Labute approximate surface area is 86.8 Å². The van der Waals surface area contributed by atoms with E-state index in [1.807, 2.05) is 26.0 Å². The van der Waals surface area contributed by atoms with Crippen molar-refractivity contribution in [2.75, 3.05) is 0 Å². The normalized spacial score (nSPS) is 14.4. The third kappa shape index (κ3) is 1.45. The van der Waals surface area contributed by atoms with E-state index in [2.05, 4.69) is 10.1 Å². The van der Waals surface area contributed by atoms with Gasteiger partial charge in [-0.25, -0.2) is 14.5 Å². The number of hydrogen-bond donors (Lipinski definition) is 1. The molecule has 78 valence electrons. The maximum absolute atomic E-state index is 10.7. The van der Waals surface area contributed by atoms with Crippen LogP contribution in [0.1, 0.15) is 24.1 Å². The summed E-state index contributed by atoms with van der Waals surface area (Å²) in [6.07, 6.45) is 4.05. The van der Waals surface area contributed by atoms with Crippen LogP contribution in [0.2, 0.25) is 0 Å². The first-order valence-corrected chi connectivity index (χ1v) is 4.65. The second kappa shape index (κ2) is 3.34. The summed E-state index contributed by atoms with van der Waals surface area (Å²) in [5, 5.41) is 12.8. The highest BCUT2D eigenvalue weighted by Crippen LogP contribution is 2.18. The largest absolute Gasteiger partial charge is 0.477 e. The van der Waals surface area contributed by atoms with Crippen molar-refractivity contribution >= 4 is 17.8 Å². The summed E-state index contributed by atoms with van der Waals surface area (Å²) < 4.78 is 1.60. The molecule has 0 radical (unpaired) electrons. The number of allylic oxidation sites excluding steroid dienone is 1. The van der Waals surface area contributed by atoms with E-state index in [0.29, 0.717) is 12.2 Å². The zero-order chi connectivity index (χ0) is 11.0. The van der Waals surface area contributed by atoms with E-state index in [1.54, 1.807) is 4.68 Å². The molecule has 0 saturated carbocycles. The first-order chi connectivity index (χ1) is 7.13. The minimum atomic E-state index is -0.982. The molecule has 1 aliphatic rings. The molecule has 0 amide bonds. The molecule has 0 unspecified atom stereocenters. The Morgan fingerprint density at radius 1 is 1.60 bits per heavy atom. The highest BCUT2D eigenvalue weighted by atomic mass is 16.4. The van der Waals surface area contributed by atoms with Crippen molar-refractivity contribution in [3.63, 3.8) is 0 Å². The summed E-state index contributed by atoms with van der Waals surface area (Å²) in [7, 11) is 0. The van der Waals surface area contributed by atoms with Crippen molar-refractivity contribution in [3.05, 3.63) is 23.3 Å². The Bertz CT molecular complexity index is 483. The second-order valence-corrected chi connectivity index (χ2v) is 3.34. The number of hydrogen-bond acceptors (Lipinski definition) is 3. The second-order valence-electron chi connectivity index (χ2n) is 3.34. The predicted octanol–water partition coefficient (Wildman–Crippen LogP) is 1.07. The fraction of sp³-hybridized carbons (Fsp3) is 0.300. The monoisotopic (exact) mass is 205 g/mol. The first kappa shape index (κ1) is 9.64. The van der Waals surface area contributed by atoms with Crippen molar-refractivity contribution in [3.8, 4) is 0 Å². The van der Waals surface area contributed by atoms with Crippen molar-refractivity contribution in [1.82, 2.24) is 9.66 Å². The summed E-state index contributed by atoms with van der Waals surface area (Å²) in [5.41, 5.74) is 1.86. The van der Waals surface area contributed by atoms with Crippen molar-refractivity contribution in [1.29, 1.82) is 0 Å². The summed E-state index contributed by atoms with van der Waals surface area (Å²) in [6.45, 7) is 3.78. The summed E-state index contributed by atoms with van der Waals surface area (Å²) in [5.74, 6) is -0.289. The van der Waals surface area contributed by atoms with Gasteiger partial charge in [-0.2, -0.15) is 5.10 Å². The number of carboxylic acid groups (broad SMARTS) is 1. The molecule has 5 heteroatoms. The van der Waals surface area contributed by atoms with Crippen molar-refractivity contribution in [2.24, 2.45) is 5.10 Å². The zero-order valence-corrected chi connectivity index (χ0v) is 8.56. The van der Waals surface area contributed by atoms with Gasteiger partial charge in [-0.1, -0.05) is 6.08 Å². The molecule has 2 rings (SSSR count). The van der Waals surface area contributed by atoms with Gasteiger partial charge in [-0.3, -0.25) is 0 Å². The molecule has 0 spiro atoms. The fourth-order valence-electron chi connectivity index (χ4n) is 1.59. The lowest BCUT2D eigenvalue weighted by Gasteiger charge is -1.95. The van der Waals surface area contributed by atoms with Crippen molar-refractivity contribution in [2.45, 2.75) is 20.3 Å². The summed E-state index contributed by atoms with van der Waals surface area (Å²) in [4.78, 5) is 15.0. The molecule has 1 aromatic rings. The highest BCUT2D eigenvalue weighted by molar-refractivity contribution is 6.36. The van der Waals surface area contributed by atoms with E-state index in [9.17, 15) is 4.79 Å². The number of carboxylic acids is 1. The standard InChI is InChI=1S/C10H11N3O2/c1-3-4-8-6(2)11-9-5-7(10(14)15)12-13(8)9/h3-4H,5H2,1-2H3,(H,14,15)/b4-3-. The average Bonchev–Trinajstić information content (AvgIpc) is 2.67. The molecule has 0 aliphatic carbocycles. The van der Waals surface area contributed by atoms with Crippen LogP contribution in [-0.4, -0.2) is 26.4 Å². The van der Waals surface area contributed by atoms with Crippen LogP contribution in [0.4, 0.5) is 0 Å². The Morgan fingerprint density at radius 3 is 2.93 bits per heavy atom. The molecule has 1 aliphatic heterocycles. The van der Waals surface area contributed by atoms with Gasteiger partial charge in [0.25, 0.3) is 0 Å². The number of aliphatic carboxylic acids is 1. The quantitative estimate of drug-likeness (QED) is 0.785. The number of fused-ring (bicyclic) bond motifs is 1. The molecule has 0 atom stereocenters. The maximum Gasteiger partial charge on any atom is 0.352 e. The minimum absolute atomic E-state index is 0.142. The fourth-order valence-corrected chi connectivity index (χ4v) is 1.59. The van der Waals surface area contributed by atoms with Gasteiger partial charge in [0.1, 0.15) is 5.82 Å². The molecular formula is C10H11N3O2. The topological polar surface area (TPSA) is 67.5 Å². The molecule has 0 saturated heterocycles. The molecule has 0 bridgehead atoms. The van der Waals surface area contributed by atoms with Gasteiger partial charge in [0.2, 0.25) is 0 Å². The molecule has 1 N–H and O–H groups in total. The van der Waals surface area contributed by atoms with E-state index < -0.39 is 5.97 Å². The Balaban J connectivity index is 2.50. The Kier molecular flexibility index (Phi) is 2.15. The summed E-state index contributed by atoms with van der Waals surface area (Å²) in [6, 6.07) is 0. The molecular weight excluding hydrogens is 194 g/mol. The third-order valence-corrected chi connectivity index (χ3v) is 2.26. The Morgan fingerprint density at radius 2 is 2.33 bits per heavy atom. The van der Waals surface area contributed by atoms with E-state index >= 15 is 0 Å². The molecule has 0 aromatic carbocycles. The van der Waals surface area contributed by atoms with E-state index in [0.717, 1.165) is 11.4 Å². The number of aromatic nitrogens is 2. The highest BCUT2D eigenvalue weighted by Gasteiger charge is 2.24. The van der Waals surface area contributed by atoms with Crippen LogP contribution in [0, 0.1) is 6.92 Å². The van der Waals surface area contributed by atoms with Gasteiger partial charge in [0.15, 0.2) is 5.71 Å². The van der Waals surface area contributed by atoms with Crippen molar-refractivity contribution < 1.29 is 9.90 Å². The Hall–Kier alpha value is -1.91. The van der Waals surface area contributed by atoms with E-state index in [-0.39, 0.29) is 5.71 Å². The molecule has 1 aromatic heterocycles. The van der Waals surface area contributed by atoms with Crippen LogP contribution in [0.5, 0.6) is 0 Å². The van der Waals surface area contributed by atoms with Gasteiger partial charge in [0, 0.05) is 0 Å². The molecule has 15 heavy (non-hydrogen) atoms. The zero-order valence-electron chi connectivity index (χ0n) is 8.56. The van der Waals surface area contributed by atoms with Gasteiger partial charge in [-0.05, 0) is 19.9 Å². The molecule has 2 heterocycles. The third-order valence-electron chi connectivity index (χ3n) is 2.26. The van der Waals surface area contributed by atoms with Crippen LogP contribution in [0.15, 0.2) is 11.2 Å². The number of nitrogens with zero attached hydrogens (tertiary/aromatic N) is 3. The van der Waals surface area contributed by atoms with Gasteiger partial charge >= 0.3 is 5.97 Å². The van der Waals surface area contributed by atoms with Gasteiger partial charge in [-0.15, -0.1) is 0 Å². The van der Waals surface area contributed by atoms with E-state index in [4.69, 9.17) is 5.11 Å². The minimum Gasteiger partial charge on any atom is -0.477 e. The van der Waals surface area contributed by atoms with Gasteiger partial charge < -0.3 is 5.11 Å². The predicted molar refractivity (Wildman–Crippen MR) is 55.8 cm³/mol. The van der Waals surface area contributed by atoms with Crippen LogP contribution in [-0.2, 0) is 11.2 Å². The number of imidazole rings is 1. The number of rotatable bonds is 2. The smallest absolute Gasteiger partial charge is 0.352 e. The van der Waals surface area contributed by atoms with Crippen LogP contribution in [0.3, 0.4) is 0 Å². The van der Waals surface area contributed by atoms with Crippen LogP contribution in [0.25, 0.3) is 6.08 Å². The van der Waals surface area contributed by atoms with E-state index in [1.165, 1.54) is 0 Å². The summed E-state index contributed by atoms with van der Waals surface area (Å²) >= 11 is 0. The van der Waals surface area contributed by atoms with Crippen LogP contribution < -0.4 is 0 Å². The lowest BCUT2D eigenvalue weighted by molar-refractivity contribution is -0.129. The maximum atomic E-state index is 10.7. The number of aryl methyl sites for hydroxylation is 1. The lowest BCUT2D eigenvalue weighted by atomic mass is 10.3. The SMILES string of the molecule is C/C=C\c1c(C)nc2n1N=C(C(=O)O)C2. The van der Waals surface area contributed by atoms with Crippen LogP contribution >= 0.6 is 0 Å². The lowest BCUT2D eigenvalue weighted by Crippen LogP contribution is -2.12. The molecule has 0 fully saturated rings. The first-order valence-electron chi connectivity index (χ1n) is 4.65.